The lowest BCUT2D eigenvalue weighted by molar-refractivity contribution is 0.574. The summed E-state index contributed by atoms with van der Waals surface area (Å²) in [6, 6.07) is 0. The number of hydrogen-bond acceptors (Lipinski definition) is 5. The number of nitrogens with one attached hydrogen (secondary N) is 2. The van der Waals surface area contributed by atoms with E-state index in [1.807, 2.05) is 11.8 Å². The average molecular weight is 292 g/mol. The van der Waals surface area contributed by atoms with Gasteiger partial charge in [0.15, 0.2) is 0 Å². The van der Waals surface area contributed by atoms with Gasteiger partial charge < -0.3 is 5.73 Å². The van der Waals surface area contributed by atoms with Crippen LogP contribution in [0, 0.1) is 0 Å². The van der Waals surface area contributed by atoms with Gasteiger partial charge in [0, 0.05) is 6.54 Å². The van der Waals surface area contributed by atoms with Gasteiger partial charge in [-0.2, -0.15) is 16.9 Å². The monoisotopic (exact) mass is 292 g/mol. The molecule has 0 spiro atoms. The van der Waals surface area contributed by atoms with Crippen molar-refractivity contribution in [1.29, 1.82) is 0 Å². The van der Waals surface area contributed by atoms with Crippen LogP contribution in [0.3, 0.4) is 0 Å². The Kier molecular flexibility index (Phi) is 6.51. The van der Waals surface area contributed by atoms with E-state index in [0.29, 0.717) is 6.54 Å². The first-order chi connectivity index (χ1) is 8.58. The summed E-state index contributed by atoms with van der Waals surface area (Å²) >= 11 is 1.83. The van der Waals surface area contributed by atoms with Crippen LogP contribution in [0.25, 0.3) is 0 Å². The van der Waals surface area contributed by atoms with Gasteiger partial charge in [0.25, 0.3) is 0 Å². The zero-order valence-corrected chi connectivity index (χ0v) is 12.1. The minimum Gasteiger partial charge on any atom is -0.383 e. The summed E-state index contributed by atoms with van der Waals surface area (Å²) in [5.74, 6) is 1.24. The summed E-state index contributed by atoms with van der Waals surface area (Å²) in [5.41, 5.74) is 5.47. The van der Waals surface area contributed by atoms with E-state index < -0.39 is 10.0 Å². The lowest BCUT2D eigenvalue weighted by atomic mass is 10.2. The van der Waals surface area contributed by atoms with Crippen LogP contribution in [0.4, 0.5) is 5.82 Å². The fraction of sp³-hybridized carbons (Fsp3) is 0.700. The first-order valence-electron chi connectivity index (χ1n) is 5.85. The average Bonchev–Trinajstić information content (AvgIpc) is 2.75. The third kappa shape index (κ3) is 4.87. The van der Waals surface area contributed by atoms with Gasteiger partial charge in [0.2, 0.25) is 10.0 Å². The Morgan fingerprint density at radius 3 is 2.72 bits per heavy atom. The number of anilines is 1. The van der Waals surface area contributed by atoms with Crippen molar-refractivity contribution in [1.82, 2.24) is 14.9 Å². The lowest BCUT2D eigenvalue weighted by Crippen LogP contribution is -2.25. The SMILES string of the molecule is CSCCCCCCNS(=O)(=O)c1cn[nH]c1N. The number of nitrogen functional groups attached to an aromatic ring is 1. The molecule has 0 fully saturated rings. The number of aromatic nitrogens is 2. The maximum absolute atomic E-state index is 11.8. The molecule has 0 saturated carbocycles. The molecule has 0 saturated heterocycles. The number of rotatable bonds is 9. The summed E-state index contributed by atoms with van der Waals surface area (Å²) in [5, 5.41) is 6.00. The van der Waals surface area contributed by atoms with Crippen molar-refractivity contribution in [2.24, 2.45) is 0 Å². The molecule has 4 N–H and O–H groups in total. The highest BCUT2D eigenvalue weighted by Gasteiger charge is 2.18. The van der Waals surface area contributed by atoms with E-state index in [4.69, 9.17) is 5.73 Å². The Hall–Kier alpha value is -0.730. The van der Waals surface area contributed by atoms with E-state index in [1.165, 1.54) is 12.6 Å². The number of nitrogens with two attached hydrogens (primary N) is 1. The van der Waals surface area contributed by atoms with Crippen LogP contribution in [0.1, 0.15) is 25.7 Å². The van der Waals surface area contributed by atoms with Gasteiger partial charge in [-0.15, -0.1) is 0 Å². The molecule has 1 heterocycles. The second-order valence-corrected chi connectivity index (χ2v) is 6.67. The number of thioether (sulfide) groups is 1. The third-order valence-electron chi connectivity index (χ3n) is 2.49. The highest BCUT2D eigenvalue weighted by Crippen LogP contribution is 2.13. The number of sulfonamides is 1. The van der Waals surface area contributed by atoms with Crippen LogP contribution in [0.2, 0.25) is 0 Å². The van der Waals surface area contributed by atoms with Crippen molar-refractivity contribution in [3.05, 3.63) is 6.20 Å². The van der Waals surface area contributed by atoms with Crippen LogP contribution in [0.5, 0.6) is 0 Å². The molecule has 0 bridgehead atoms. The van der Waals surface area contributed by atoms with E-state index in [1.54, 1.807) is 0 Å². The molecule has 1 aromatic heterocycles. The molecule has 0 aromatic carbocycles. The summed E-state index contributed by atoms with van der Waals surface area (Å²) in [4.78, 5) is 0.0184. The van der Waals surface area contributed by atoms with Crippen molar-refractivity contribution in [2.75, 3.05) is 24.3 Å². The van der Waals surface area contributed by atoms with Gasteiger partial charge in [0.1, 0.15) is 10.7 Å². The Bertz CT molecular complexity index is 444. The molecule has 1 aromatic rings. The molecule has 0 amide bonds. The molecular weight excluding hydrogens is 272 g/mol. The Balaban J connectivity index is 2.25. The third-order valence-corrected chi connectivity index (χ3v) is 4.67. The fourth-order valence-corrected chi connectivity index (χ4v) is 3.10. The van der Waals surface area contributed by atoms with Crippen molar-refractivity contribution in [3.8, 4) is 0 Å². The van der Waals surface area contributed by atoms with E-state index in [0.717, 1.165) is 25.0 Å². The van der Waals surface area contributed by atoms with E-state index >= 15 is 0 Å². The molecule has 0 aliphatic heterocycles. The fourth-order valence-electron chi connectivity index (χ4n) is 1.51. The standard InChI is InChI=1S/C10H20N4O2S2/c1-17-7-5-3-2-4-6-13-18(15,16)9-8-12-14-10(9)11/h8,13H,2-7H2,1H3,(H3,11,12,14). The Morgan fingerprint density at radius 1 is 1.39 bits per heavy atom. The van der Waals surface area contributed by atoms with Crippen LogP contribution < -0.4 is 10.5 Å². The quantitative estimate of drug-likeness (QED) is 0.594. The number of hydrogen-bond donors (Lipinski definition) is 3. The van der Waals surface area contributed by atoms with E-state index in [9.17, 15) is 8.42 Å². The highest BCUT2D eigenvalue weighted by atomic mass is 32.2. The van der Waals surface area contributed by atoms with Crippen LogP contribution in [-0.4, -0.2) is 37.2 Å². The van der Waals surface area contributed by atoms with Gasteiger partial charge in [-0.25, -0.2) is 13.1 Å². The predicted molar refractivity (Wildman–Crippen MR) is 75.0 cm³/mol. The largest absolute Gasteiger partial charge is 0.383 e. The summed E-state index contributed by atoms with van der Waals surface area (Å²) in [6.45, 7) is 0.437. The molecular formula is C10H20N4O2S2. The van der Waals surface area contributed by atoms with Crippen LogP contribution >= 0.6 is 11.8 Å². The van der Waals surface area contributed by atoms with Gasteiger partial charge in [-0.3, -0.25) is 5.10 Å². The molecule has 0 unspecified atom stereocenters. The van der Waals surface area contributed by atoms with E-state index in [-0.39, 0.29) is 10.7 Å². The second-order valence-electron chi connectivity index (χ2n) is 3.95. The van der Waals surface area contributed by atoms with Gasteiger partial charge in [-0.1, -0.05) is 12.8 Å². The smallest absolute Gasteiger partial charge is 0.245 e. The second kappa shape index (κ2) is 7.65. The minimum absolute atomic E-state index is 0.0184. The molecule has 0 aliphatic rings. The Morgan fingerprint density at radius 2 is 2.11 bits per heavy atom. The van der Waals surface area contributed by atoms with Crippen molar-refractivity contribution in [2.45, 2.75) is 30.6 Å². The molecule has 18 heavy (non-hydrogen) atoms. The van der Waals surface area contributed by atoms with Crippen molar-refractivity contribution < 1.29 is 8.42 Å². The molecule has 104 valence electrons. The first kappa shape index (κ1) is 15.3. The van der Waals surface area contributed by atoms with Gasteiger partial charge >= 0.3 is 0 Å². The van der Waals surface area contributed by atoms with Crippen molar-refractivity contribution >= 4 is 27.6 Å². The molecule has 6 nitrogen and oxygen atoms in total. The zero-order valence-electron chi connectivity index (χ0n) is 10.5. The van der Waals surface area contributed by atoms with Gasteiger partial charge in [-0.05, 0) is 24.9 Å². The summed E-state index contributed by atoms with van der Waals surface area (Å²) in [7, 11) is -3.52. The molecule has 0 radical (unpaired) electrons. The van der Waals surface area contributed by atoms with Crippen LogP contribution in [-0.2, 0) is 10.0 Å². The lowest BCUT2D eigenvalue weighted by Gasteiger charge is -2.05. The number of aromatic amines is 1. The highest BCUT2D eigenvalue weighted by molar-refractivity contribution is 7.98. The van der Waals surface area contributed by atoms with Crippen molar-refractivity contribution in [3.63, 3.8) is 0 Å². The number of H-pyrrole nitrogens is 1. The van der Waals surface area contributed by atoms with E-state index in [2.05, 4.69) is 21.2 Å². The maximum Gasteiger partial charge on any atom is 0.245 e. The molecule has 1 rings (SSSR count). The predicted octanol–water partition coefficient (Wildman–Crippen LogP) is 1.19. The maximum atomic E-state index is 11.8. The zero-order chi connectivity index (χ0) is 13.4. The minimum atomic E-state index is -3.52. The summed E-state index contributed by atoms with van der Waals surface area (Å²) in [6.07, 6.45) is 7.49. The normalized spacial score (nSPS) is 11.8. The number of unbranched alkanes of at least 4 members (excludes halogenated alkanes) is 3. The first-order valence-corrected chi connectivity index (χ1v) is 8.73. The molecule has 8 heteroatoms. The topological polar surface area (TPSA) is 101 Å². The number of nitrogens with zero attached hydrogens (tertiary/aromatic N) is 1. The summed E-state index contributed by atoms with van der Waals surface area (Å²) < 4.78 is 26.1. The molecule has 0 atom stereocenters. The van der Waals surface area contributed by atoms with Crippen LogP contribution in [0.15, 0.2) is 11.1 Å². The Labute approximate surface area is 112 Å². The van der Waals surface area contributed by atoms with Gasteiger partial charge in [0.05, 0.1) is 6.20 Å². The molecule has 0 aliphatic carbocycles.